The third kappa shape index (κ3) is 3.83. The number of nitrogens with one attached hydrogen (secondary N) is 1. The molecule has 0 heterocycles. The van der Waals surface area contributed by atoms with Crippen LogP contribution >= 0.6 is 0 Å². The molecule has 0 amide bonds. The Hall–Kier alpha value is -1.40. The quantitative estimate of drug-likeness (QED) is 0.893. The first kappa shape index (κ1) is 16.0. The van der Waals surface area contributed by atoms with E-state index in [0.29, 0.717) is 12.8 Å². The molecule has 0 saturated heterocycles. The summed E-state index contributed by atoms with van der Waals surface area (Å²) < 4.78 is 27.5. The van der Waals surface area contributed by atoms with E-state index in [4.69, 9.17) is 0 Å². The van der Waals surface area contributed by atoms with Gasteiger partial charge in [0.15, 0.2) is 0 Å². The molecule has 0 bridgehead atoms. The predicted octanol–water partition coefficient (Wildman–Crippen LogP) is 2.23. The summed E-state index contributed by atoms with van der Waals surface area (Å²) in [5, 5.41) is 9.23. The fraction of sp³-hybridized carbons (Fsp3) is 0.533. The van der Waals surface area contributed by atoms with E-state index in [-0.39, 0.29) is 4.90 Å². The lowest BCUT2D eigenvalue weighted by atomic mass is 9.85. The number of aryl methyl sites for hydroxylation is 2. The molecular weight excluding hydrogens is 290 g/mol. The number of carbonyl (C=O) groups is 1. The number of hydrogen-bond donors (Lipinski definition) is 2. The number of carboxylic acids is 1. The molecule has 116 valence electrons. The van der Waals surface area contributed by atoms with Crippen molar-refractivity contribution in [1.82, 2.24) is 4.72 Å². The summed E-state index contributed by atoms with van der Waals surface area (Å²) in [6, 6.07) is 4.59. The van der Waals surface area contributed by atoms with Crippen LogP contribution in [-0.4, -0.2) is 25.5 Å². The average molecular weight is 311 g/mol. The Bertz CT molecular complexity index is 619. The molecule has 1 aromatic carbocycles. The van der Waals surface area contributed by atoms with Gasteiger partial charge >= 0.3 is 5.97 Å². The number of rotatable bonds is 4. The fourth-order valence-corrected chi connectivity index (χ4v) is 4.42. The standard InChI is InChI=1S/C15H21NO4S/c1-10-7-11(2)9-12(8-10)21(19,20)16-14-6-4-3-5-13(14)15(17)18/h7-9,13-14,16H,3-6H2,1-2H3,(H,17,18). The summed E-state index contributed by atoms with van der Waals surface area (Å²) in [5.74, 6) is -1.57. The fourth-order valence-electron chi connectivity index (χ4n) is 2.92. The minimum Gasteiger partial charge on any atom is -0.481 e. The minimum absolute atomic E-state index is 0.203. The molecule has 2 unspecified atom stereocenters. The van der Waals surface area contributed by atoms with E-state index in [1.54, 1.807) is 12.1 Å². The van der Waals surface area contributed by atoms with Crippen LogP contribution in [0.4, 0.5) is 0 Å². The Morgan fingerprint density at radius 1 is 1.14 bits per heavy atom. The van der Waals surface area contributed by atoms with E-state index in [9.17, 15) is 18.3 Å². The van der Waals surface area contributed by atoms with Gasteiger partial charge in [-0.15, -0.1) is 0 Å². The SMILES string of the molecule is Cc1cc(C)cc(S(=O)(=O)NC2CCCCC2C(=O)O)c1. The van der Waals surface area contributed by atoms with Crippen LogP contribution in [0, 0.1) is 19.8 Å². The highest BCUT2D eigenvalue weighted by molar-refractivity contribution is 7.89. The number of benzene rings is 1. The van der Waals surface area contributed by atoms with Gasteiger partial charge in [-0.05, 0) is 49.9 Å². The van der Waals surface area contributed by atoms with Crippen LogP contribution < -0.4 is 4.72 Å². The van der Waals surface area contributed by atoms with Crippen LogP contribution in [-0.2, 0) is 14.8 Å². The molecule has 1 fully saturated rings. The number of carboxylic acid groups (broad SMARTS) is 1. The van der Waals surface area contributed by atoms with E-state index in [0.717, 1.165) is 24.0 Å². The highest BCUT2D eigenvalue weighted by Crippen LogP contribution is 2.26. The zero-order chi connectivity index (χ0) is 15.6. The lowest BCUT2D eigenvalue weighted by Gasteiger charge is -2.29. The summed E-state index contributed by atoms with van der Waals surface area (Å²) in [5.41, 5.74) is 1.74. The molecule has 1 aromatic rings. The van der Waals surface area contributed by atoms with Crippen LogP contribution in [0.2, 0.25) is 0 Å². The number of sulfonamides is 1. The highest BCUT2D eigenvalue weighted by atomic mass is 32.2. The first-order valence-electron chi connectivity index (χ1n) is 7.13. The molecule has 21 heavy (non-hydrogen) atoms. The third-order valence-electron chi connectivity index (χ3n) is 3.90. The van der Waals surface area contributed by atoms with Crippen molar-refractivity contribution in [2.24, 2.45) is 5.92 Å². The van der Waals surface area contributed by atoms with Crippen molar-refractivity contribution in [3.05, 3.63) is 29.3 Å². The Kier molecular flexibility index (Phi) is 4.68. The van der Waals surface area contributed by atoms with Gasteiger partial charge < -0.3 is 5.11 Å². The second kappa shape index (κ2) is 6.15. The van der Waals surface area contributed by atoms with Gasteiger partial charge in [-0.3, -0.25) is 4.79 Å². The van der Waals surface area contributed by atoms with Crippen LogP contribution in [0.1, 0.15) is 36.8 Å². The van der Waals surface area contributed by atoms with Gasteiger partial charge in [0, 0.05) is 6.04 Å². The zero-order valence-corrected chi connectivity index (χ0v) is 13.1. The summed E-state index contributed by atoms with van der Waals surface area (Å²) in [6.45, 7) is 3.68. The molecule has 0 aliphatic heterocycles. The van der Waals surface area contributed by atoms with E-state index >= 15 is 0 Å². The maximum absolute atomic E-state index is 12.5. The molecule has 1 aliphatic carbocycles. The van der Waals surface area contributed by atoms with Crippen molar-refractivity contribution < 1.29 is 18.3 Å². The Morgan fingerprint density at radius 3 is 2.29 bits per heavy atom. The van der Waals surface area contributed by atoms with Crippen molar-refractivity contribution in [2.75, 3.05) is 0 Å². The summed E-state index contributed by atoms with van der Waals surface area (Å²) >= 11 is 0. The average Bonchev–Trinajstić information content (AvgIpc) is 2.37. The Labute approximate surface area is 125 Å². The molecule has 0 radical (unpaired) electrons. The molecule has 2 atom stereocenters. The second-order valence-electron chi connectivity index (χ2n) is 5.78. The van der Waals surface area contributed by atoms with Crippen molar-refractivity contribution >= 4 is 16.0 Å². The molecule has 0 spiro atoms. The van der Waals surface area contributed by atoms with E-state index in [1.807, 2.05) is 19.9 Å². The normalized spacial score (nSPS) is 23.0. The van der Waals surface area contributed by atoms with Crippen molar-refractivity contribution in [3.8, 4) is 0 Å². The number of aliphatic carboxylic acids is 1. The smallest absolute Gasteiger partial charge is 0.308 e. The topological polar surface area (TPSA) is 83.5 Å². The van der Waals surface area contributed by atoms with Crippen LogP contribution in [0.25, 0.3) is 0 Å². The molecule has 1 saturated carbocycles. The van der Waals surface area contributed by atoms with Gasteiger partial charge in [-0.2, -0.15) is 0 Å². The molecular formula is C15H21NO4S. The molecule has 6 heteroatoms. The van der Waals surface area contributed by atoms with Crippen LogP contribution in [0.3, 0.4) is 0 Å². The first-order valence-corrected chi connectivity index (χ1v) is 8.61. The molecule has 5 nitrogen and oxygen atoms in total. The zero-order valence-electron chi connectivity index (χ0n) is 12.3. The Morgan fingerprint density at radius 2 is 1.71 bits per heavy atom. The van der Waals surface area contributed by atoms with Crippen molar-refractivity contribution in [1.29, 1.82) is 0 Å². The molecule has 2 N–H and O–H groups in total. The van der Waals surface area contributed by atoms with E-state index in [2.05, 4.69) is 4.72 Å². The van der Waals surface area contributed by atoms with Gasteiger partial charge in [0.05, 0.1) is 10.8 Å². The van der Waals surface area contributed by atoms with Gasteiger partial charge in [0.1, 0.15) is 0 Å². The predicted molar refractivity (Wildman–Crippen MR) is 79.6 cm³/mol. The second-order valence-corrected chi connectivity index (χ2v) is 7.49. The molecule has 2 rings (SSSR count). The maximum atomic E-state index is 12.5. The lowest BCUT2D eigenvalue weighted by Crippen LogP contribution is -2.45. The summed E-state index contributed by atoms with van der Waals surface area (Å²) in [6.07, 6.45) is 2.78. The third-order valence-corrected chi connectivity index (χ3v) is 5.36. The maximum Gasteiger partial charge on any atom is 0.308 e. The minimum atomic E-state index is -3.68. The first-order chi connectivity index (χ1) is 9.79. The van der Waals surface area contributed by atoms with Gasteiger partial charge in [0.25, 0.3) is 0 Å². The van der Waals surface area contributed by atoms with Crippen molar-refractivity contribution in [2.45, 2.75) is 50.5 Å². The van der Waals surface area contributed by atoms with Crippen LogP contribution in [0.15, 0.2) is 23.1 Å². The Balaban J connectivity index is 2.25. The highest BCUT2D eigenvalue weighted by Gasteiger charge is 2.34. The van der Waals surface area contributed by atoms with E-state index < -0.39 is 28.0 Å². The summed E-state index contributed by atoms with van der Waals surface area (Å²) in [4.78, 5) is 11.5. The van der Waals surface area contributed by atoms with Gasteiger partial charge in [-0.1, -0.05) is 18.9 Å². The largest absolute Gasteiger partial charge is 0.481 e. The van der Waals surface area contributed by atoms with Gasteiger partial charge in [-0.25, -0.2) is 13.1 Å². The number of hydrogen-bond acceptors (Lipinski definition) is 3. The molecule has 1 aliphatic rings. The summed E-state index contributed by atoms with van der Waals surface area (Å²) in [7, 11) is -3.68. The monoisotopic (exact) mass is 311 g/mol. The lowest BCUT2D eigenvalue weighted by molar-refractivity contribution is -0.143. The van der Waals surface area contributed by atoms with Crippen LogP contribution in [0.5, 0.6) is 0 Å². The molecule has 0 aromatic heterocycles. The van der Waals surface area contributed by atoms with Crippen molar-refractivity contribution in [3.63, 3.8) is 0 Å². The van der Waals surface area contributed by atoms with Gasteiger partial charge in [0.2, 0.25) is 10.0 Å². The van der Waals surface area contributed by atoms with E-state index in [1.165, 1.54) is 0 Å².